The largest absolute Gasteiger partial charge is 0.444 e. The molecule has 0 aromatic heterocycles. The maximum absolute atomic E-state index is 11.7. The molecule has 1 aliphatic heterocycles. The van der Waals surface area contributed by atoms with Gasteiger partial charge in [-0.2, -0.15) is 0 Å². The maximum atomic E-state index is 11.7. The van der Waals surface area contributed by atoms with Crippen LogP contribution in [-0.4, -0.2) is 42.5 Å². The minimum absolute atomic E-state index is 0.0221. The summed E-state index contributed by atoms with van der Waals surface area (Å²) in [6.45, 7) is 13.5. The van der Waals surface area contributed by atoms with E-state index in [1.165, 1.54) is 0 Å². The zero-order chi connectivity index (χ0) is 16.8. The van der Waals surface area contributed by atoms with Gasteiger partial charge in [-0.1, -0.05) is 13.8 Å². The Kier molecular flexibility index (Phi) is 7.13. The van der Waals surface area contributed by atoms with E-state index in [0.29, 0.717) is 12.6 Å². The van der Waals surface area contributed by atoms with Crippen molar-refractivity contribution in [2.45, 2.75) is 90.5 Å². The summed E-state index contributed by atoms with van der Waals surface area (Å²) in [6, 6.07) is 0.658. The highest BCUT2D eigenvalue weighted by Crippen LogP contribution is 2.31. The third-order valence-corrected chi connectivity index (χ3v) is 4.25. The van der Waals surface area contributed by atoms with E-state index in [-0.39, 0.29) is 17.7 Å². The first-order valence-corrected chi connectivity index (χ1v) is 8.56. The Morgan fingerprint density at radius 1 is 1.36 bits per heavy atom. The van der Waals surface area contributed by atoms with Gasteiger partial charge in [0.2, 0.25) is 0 Å². The van der Waals surface area contributed by atoms with Crippen molar-refractivity contribution >= 4 is 6.09 Å². The number of carbonyl (C=O) groups is 1. The van der Waals surface area contributed by atoms with Gasteiger partial charge in [-0.25, -0.2) is 4.79 Å². The van der Waals surface area contributed by atoms with Gasteiger partial charge in [-0.3, -0.25) is 0 Å². The molecule has 5 nitrogen and oxygen atoms in total. The highest BCUT2D eigenvalue weighted by atomic mass is 16.6. The Morgan fingerprint density at radius 3 is 2.55 bits per heavy atom. The van der Waals surface area contributed by atoms with E-state index in [0.717, 1.165) is 32.3 Å². The summed E-state index contributed by atoms with van der Waals surface area (Å²) in [5.41, 5.74) is -0.433. The van der Waals surface area contributed by atoms with Crippen LogP contribution in [0.4, 0.5) is 4.79 Å². The van der Waals surface area contributed by atoms with Gasteiger partial charge in [0, 0.05) is 25.2 Å². The van der Waals surface area contributed by atoms with E-state index < -0.39 is 5.60 Å². The van der Waals surface area contributed by atoms with E-state index in [4.69, 9.17) is 9.47 Å². The highest BCUT2D eigenvalue weighted by Gasteiger charge is 2.34. The predicted octanol–water partition coefficient (Wildman–Crippen LogP) is 3.23. The van der Waals surface area contributed by atoms with Crippen LogP contribution in [0.2, 0.25) is 0 Å². The summed E-state index contributed by atoms with van der Waals surface area (Å²) < 4.78 is 11.2. The van der Waals surface area contributed by atoms with Gasteiger partial charge in [-0.05, 0) is 53.4 Å². The molecule has 1 heterocycles. The Balaban J connectivity index is 2.35. The zero-order valence-corrected chi connectivity index (χ0v) is 15.1. The van der Waals surface area contributed by atoms with E-state index in [1.807, 2.05) is 20.8 Å². The number of ether oxygens (including phenoxy) is 2. The normalized spacial score (nSPS) is 22.9. The van der Waals surface area contributed by atoms with Crippen molar-refractivity contribution in [1.29, 1.82) is 0 Å². The molecule has 1 amide bonds. The first kappa shape index (κ1) is 19.2. The Hall–Kier alpha value is -0.810. The van der Waals surface area contributed by atoms with Crippen LogP contribution in [0, 0.1) is 0 Å². The number of amides is 1. The standard InChI is InChI=1S/C17H34N2O3/c1-7-17(8-2)11-14(9-10-21-17)19-13(3)12-18-15(20)22-16(4,5)6/h13-14,19H,7-12H2,1-6H3,(H,18,20). The lowest BCUT2D eigenvalue weighted by Gasteiger charge is -2.41. The SMILES string of the molecule is CCC1(CC)CC(NC(C)CNC(=O)OC(C)(C)C)CCO1. The van der Waals surface area contributed by atoms with Gasteiger partial charge in [0.15, 0.2) is 0 Å². The number of alkyl carbamates (subject to hydrolysis) is 1. The van der Waals surface area contributed by atoms with Gasteiger partial charge in [0.25, 0.3) is 0 Å². The summed E-state index contributed by atoms with van der Waals surface area (Å²) in [4.78, 5) is 11.7. The molecule has 5 heteroatoms. The lowest BCUT2D eigenvalue weighted by Crippen LogP contribution is -2.51. The average molecular weight is 314 g/mol. The molecule has 0 aromatic rings. The van der Waals surface area contributed by atoms with E-state index in [1.54, 1.807) is 0 Å². The quantitative estimate of drug-likeness (QED) is 0.790. The second-order valence-corrected chi connectivity index (χ2v) is 7.38. The van der Waals surface area contributed by atoms with Crippen molar-refractivity contribution in [1.82, 2.24) is 10.6 Å². The van der Waals surface area contributed by atoms with Gasteiger partial charge in [0.05, 0.1) is 5.60 Å². The number of nitrogens with one attached hydrogen (secondary N) is 2. The van der Waals surface area contributed by atoms with Crippen LogP contribution in [0.3, 0.4) is 0 Å². The molecule has 130 valence electrons. The van der Waals surface area contributed by atoms with Crippen LogP contribution in [0.15, 0.2) is 0 Å². The van der Waals surface area contributed by atoms with Crippen LogP contribution in [0.1, 0.15) is 67.2 Å². The fourth-order valence-electron chi connectivity index (χ4n) is 2.92. The van der Waals surface area contributed by atoms with E-state index in [2.05, 4.69) is 31.4 Å². The highest BCUT2D eigenvalue weighted by molar-refractivity contribution is 5.67. The molecule has 2 atom stereocenters. The monoisotopic (exact) mass is 314 g/mol. The molecule has 0 radical (unpaired) electrons. The Labute approximate surface area is 135 Å². The summed E-state index contributed by atoms with van der Waals surface area (Å²) in [7, 11) is 0. The number of rotatable bonds is 6. The van der Waals surface area contributed by atoms with Crippen LogP contribution in [-0.2, 0) is 9.47 Å². The van der Waals surface area contributed by atoms with Gasteiger partial charge < -0.3 is 20.1 Å². The molecule has 0 bridgehead atoms. The topological polar surface area (TPSA) is 59.6 Å². The van der Waals surface area contributed by atoms with Crippen LogP contribution in [0.25, 0.3) is 0 Å². The number of hydrogen-bond donors (Lipinski definition) is 2. The summed E-state index contributed by atoms with van der Waals surface area (Å²) in [5, 5.41) is 6.43. The van der Waals surface area contributed by atoms with Crippen molar-refractivity contribution < 1.29 is 14.3 Å². The molecule has 0 aromatic carbocycles. The molecule has 1 rings (SSSR count). The molecule has 1 fully saturated rings. The zero-order valence-electron chi connectivity index (χ0n) is 15.1. The molecule has 1 aliphatic rings. The third kappa shape index (κ3) is 6.53. The second kappa shape index (κ2) is 8.16. The third-order valence-electron chi connectivity index (χ3n) is 4.25. The minimum Gasteiger partial charge on any atom is -0.444 e. The first-order chi connectivity index (χ1) is 10.2. The Bertz CT molecular complexity index is 348. The maximum Gasteiger partial charge on any atom is 0.407 e. The second-order valence-electron chi connectivity index (χ2n) is 7.38. The van der Waals surface area contributed by atoms with Crippen LogP contribution >= 0.6 is 0 Å². The molecule has 0 spiro atoms. The van der Waals surface area contributed by atoms with Crippen molar-refractivity contribution in [2.24, 2.45) is 0 Å². The molecule has 22 heavy (non-hydrogen) atoms. The fraction of sp³-hybridized carbons (Fsp3) is 0.941. The van der Waals surface area contributed by atoms with Gasteiger partial charge >= 0.3 is 6.09 Å². The molecule has 1 saturated heterocycles. The average Bonchev–Trinajstić information content (AvgIpc) is 2.43. The number of carbonyl (C=O) groups excluding carboxylic acids is 1. The number of hydrogen-bond acceptors (Lipinski definition) is 4. The van der Waals surface area contributed by atoms with Gasteiger partial charge in [-0.15, -0.1) is 0 Å². The van der Waals surface area contributed by atoms with E-state index >= 15 is 0 Å². The van der Waals surface area contributed by atoms with E-state index in [9.17, 15) is 4.79 Å². The summed E-state index contributed by atoms with van der Waals surface area (Å²) in [5.74, 6) is 0. The fourth-order valence-corrected chi connectivity index (χ4v) is 2.92. The molecular formula is C17H34N2O3. The lowest BCUT2D eigenvalue weighted by molar-refractivity contribution is -0.0939. The molecule has 0 aliphatic carbocycles. The van der Waals surface area contributed by atoms with Gasteiger partial charge in [0.1, 0.15) is 5.60 Å². The van der Waals surface area contributed by atoms with Crippen molar-refractivity contribution in [3.63, 3.8) is 0 Å². The molecule has 2 unspecified atom stereocenters. The molecule has 0 saturated carbocycles. The lowest BCUT2D eigenvalue weighted by atomic mass is 9.85. The molecular weight excluding hydrogens is 280 g/mol. The van der Waals surface area contributed by atoms with Crippen LogP contribution < -0.4 is 10.6 Å². The first-order valence-electron chi connectivity index (χ1n) is 8.56. The summed E-state index contributed by atoms with van der Waals surface area (Å²) >= 11 is 0. The predicted molar refractivity (Wildman–Crippen MR) is 89.1 cm³/mol. The Morgan fingerprint density at radius 2 is 2.00 bits per heavy atom. The summed E-state index contributed by atoms with van der Waals surface area (Å²) in [6.07, 6.45) is 3.80. The molecule has 2 N–H and O–H groups in total. The van der Waals surface area contributed by atoms with Crippen LogP contribution in [0.5, 0.6) is 0 Å². The smallest absolute Gasteiger partial charge is 0.407 e. The van der Waals surface area contributed by atoms with Crippen molar-refractivity contribution in [3.05, 3.63) is 0 Å². The van der Waals surface area contributed by atoms with Crippen molar-refractivity contribution in [2.75, 3.05) is 13.2 Å². The minimum atomic E-state index is -0.455. The van der Waals surface area contributed by atoms with Crippen molar-refractivity contribution in [3.8, 4) is 0 Å².